The van der Waals surface area contributed by atoms with Gasteiger partial charge in [-0.3, -0.25) is 0 Å². The number of allylic oxidation sites excluding steroid dienone is 4. The van der Waals surface area contributed by atoms with Gasteiger partial charge < -0.3 is 0 Å². The molecule has 0 amide bonds. The van der Waals surface area contributed by atoms with E-state index in [0.717, 1.165) is 5.54 Å². The summed E-state index contributed by atoms with van der Waals surface area (Å²) in [4.78, 5) is 0. The molecule has 2 aromatic rings. The lowest BCUT2D eigenvalue weighted by molar-refractivity contribution is 1.02. The first-order valence-electron chi connectivity index (χ1n) is 7.80. The molecule has 1 atom stereocenters. The van der Waals surface area contributed by atoms with Crippen LogP contribution in [0.15, 0.2) is 71.5 Å². The highest BCUT2D eigenvalue weighted by molar-refractivity contribution is 6.99. The monoisotopic (exact) mass is 286 g/mol. The fourth-order valence-electron chi connectivity index (χ4n) is 4.50. The molecule has 102 valence electrons. The zero-order valence-electron chi connectivity index (χ0n) is 12.4. The number of hydrogen-bond donors (Lipinski definition) is 0. The summed E-state index contributed by atoms with van der Waals surface area (Å²) < 4.78 is 0. The van der Waals surface area contributed by atoms with E-state index < -0.39 is 8.07 Å². The topological polar surface area (TPSA) is 0 Å². The molecule has 1 heterocycles. The first kappa shape index (κ1) is 11.8. The second kappa shape index (κ2) is 3.66. The van der Waals surface area contributed by atoms with Gasteiger partial charge in [-0.25, -0.2) is 0 Å². The molecular formula is C20H18Si. The SMILES string of the molecule is C[Si]1(C)C2=C(C3c4ccccc4-c4ccccc43)C=CC21. The maximum atomic E-state index is 2.52. The predicted molar refractivity (Wildman–Crippen MR) is 91.1 cm³/mol. The molecule has 3 aliphatic rings. The van der Waals surface area contributed by atoms with Crippen molar-refractivity contribution >= 4 is 8.07 Å². The lowest BCUT2D eigenvalue weighted by Gasteiger charge is -2.16. The molecule has 0 aromatic heterocycles. The highest BCUT2D eigenvalue weighted by Crippen LogP contribution is 2.63. The van der Waals surface area contributed by atoms with Crippen LogP contribution in [0.1, 0.15) is 17.0 Å². The van der Waals surface area contributed by atoms with Crippen LogP contribution < -0.4 is 0 Å². The van der Waals surface area contributed by atoms with Gasteiger partial charge in [0.25, 0.3) is 0 Å². The summed E-state index contributed by atoms with van der Waals surface area (Å²) in [5, 5.41) is 1.80. The van der Waals surface area contributed by atoms with Gasteiger partial charge in [0, 0.05) is 5.92 Å². The van der Waals surface area contributed by atoms with Crippen molar-refractivity contribution in [3.8, 4) is 11.1 Å². The Morgan fingerprint density at radius 3 is 1.90 bits per heavy atom. The second-order valence-corrected chi connectivity index (χ2v) is 11.6. The average Bonchev–Trinajstić information content (AvgIpc) is 2.87. The summed E-state index contributed by atoms with van der Waals surface area (Å²) in [6.07, 6.45) is 4.89. The molecule has 1 aliphatic heterocycles. The summed E-state index contributed by atoms with van der Waals surface area (Å²) in [5.74, 6) is 0.475. The minimum absolute atomic E-state index is 0.475. The molecule has 0 radical (unpaired) electrons. The first-order valence-corrected chi connectivity index (χ1v) is 10.9. The van der Waals surface area contributed by atoms with Crippen LogP contribution >= 0.6 is 0 Å². The third kappa shape index (κ3) is 1.35. The van der Waals surface area contributed by atoms with Crippen molar-refractivity contribution < 1.29 is 0 Å². The number of fused-ring (bicyclic) bond motifs is 4. The van der Waals surface area contributed by atoms with Gasteiger partial charge in [-0.15, -0.1) is 0 Å². The normalized spacial score (nSPS) is 24.0. The maximum Gasteiger partial charge on any atom is 0.0867 e. The van der Waals surface area contributed by atoms with Crippen LogP contribution in [0.5, 0.6) is 0 Å². The molecule has 2 aliphatic carbocycles. The van der Waals surface area contributed by atoms with Gasteiger partial charge >= 0.3 is 0 Å². The lowest BCUT2D eigenvalue weighted by Crippen LogP contribution is -2.07. The summed E-state index contributed by atoms with van der Waals surface area (Å²) in [7, 11) is -1.09. The van der Waals surface area contributed by atoms with E-state index in [1.54, 1.807) is 10.8 Å². The molecule has 5 rings (SSSR count). The molecule has 1 saturated heterocycles. The van der Waals surface area contributed by atoms with Gasteiger partial charge in [0.05, 0.1) is 8.07 Å². The fraction of sp³-hybridized carbons (Fsp3) is 0.200. The van der Waals surface area contributed by atoms with Crippen molar-refractivity contribution in [1.29, 1.82) is 0 Å². The van der Waals surface area contributed by atoms with E-state index in [1.165, 1.54) is 22.3 Å². The van der Waals surface area contributed by atoms with E-state index in [1.807, 2.05) is 0 Å². The van der Waals surface area contributed by atoms with Gasteiger partial charge in [0.1, 0.15) is 0 Å². The Kier molecular flexibility index (Phi) is 2.05. The number of rotatable bonds is 1. The summed E-state index contributed by atoms with van der Waals surface area (Å²) in [5.41, 5.74) is 8.32. The smallest absolute Gasteiger partial charge is 0.0798 e. The van der Waals surface area contributed by atoms with Crippen molar-refractivity contribution in [2.24, 2.45) is 0 Å². The minimum atomic E-state index is -1.09. The fourth-order valence-corrected chi connectivity index (χ4v) is 8.34. The molecule has 0 N–H and O–H groups in total. The van der Waals surface area contributed by atoms with Gasteiger partial charge in [-0.2, -0.15) is 0 Å². The van der Waals surface area contributed by atoms with Gasteiger partial charge in [0.2, 0.25) is 0 Å². The largest absolute Gasteiger partial charge is 0.0867 e. The molecule has 2 aromatic carbocycles. The number of benzene rings is 2. The molecular weight excluding hydrogens is 268 g/mol. The molecule has 0 saturated carbocycles. The Labute approximate surface area is 126 Å². The Bertz CT molecular complexity index is 793. The van der Waals surface area contributed by atoms with Crippen molar-refractivity contribution in [2.45, 2.75) is 24.6 Å². The zero-order chi connectivity index (χ0) is 14.2. The third-order valence-electron chi connectivity index (χ3n) is 5.62. The Balaban J connectivity index is 1.79. The molecule has 1 heteroatoms. The van der Waals surface area contributed by atoms with Crippen molar-refractivity contribution in [3.05, 3.63) is 82.6 Å². The van der Waals surface area contributed by atoms with Crippen LogP contribution in [0.3, 0.4) is 0 Å². The number of hydrogen-bond acceptors (Lipinski definition) is 0. The second-order valence-electron chi connectivity index (χ2n) is 7.04. The van der Waals surface area contributed by atoms with Crippen molar-refractivity contribution in [1.82, 2.24) is 0 Å². The minimum Gasteiger partial charge on any atom is -0.0798 e. The van der Waals surface area contributed by atoms with E-state index in [-0.39, 0.29) is 0 Å². The molecule has 0 spiro atoms. The standard InChI is InChI=1S/C20H18Si/c1-21(2)18-12-11-17(20(18)21)19-15-9-5-3-7-13(15)14-8-4-6-10-16(14)19/h3-12,18-19H,1-2H3. The van der Waals surface area contributed by atoms with Crippen LogP contribution in [0.2, 0.25) is 18.6 Å². The van der Waals surface area contributed by atoms with Crippen molar-refractivity contribution in [2.75, 3.05) is 0 Å². The highest BCUT2D eigenvalue weighted by atomic mass is 28.3. The van der Waals surface area contributed by atoms with E-state index in [0.29, 0.717) is 5.92 Å². The van der Waals surface area contributed by atoms with E-state index in [2.05, 4.69) is 73.8 Å². The van der Waals surface area contributed by atoms with Crippen LogP contribution in [0.4, 0.5) is 0 Å². The first-order chi connectivity index (χ1) is 10.2. The molecule has 21 heavy (non-hydrogen) atoms. The Morgan fingerprint density at radius 1 is 0.810 bits per heavy atom. The Morgan fingerprint density at radius 2 is 1.38 bits per heavy atom. The highest BCUT2D eigenvalue weighted by Gasteiger charge is 2.57. The predicted octanol–water partition coefficient (Wildman–Crippen LogP) is 5.30. The third-order valence-corrected chi connectivity index (χ3v) is 9.34. The van der Waals surface area contributed by atoms with Crippen LogP contribution in [-0.4, -0.2) is 8.07 Å². The molecule has 0 nitrogen and oxygen atoms in total. The van der Waals surface area contributed by atoms with E-state index in [4.69, 9.17) is 0 Å². The van der Waals surface area contributed by atoms with Gasteiger partial charge in [-0.1, -0.05) is 79.0 Å². The average molecular weight is 286 g/mol. The van der Waals surface area contributed by atoms with Crippen LogP contribution in [0.25, 0.3) is 11.1 Å². The Hall–Kier alpha value is -1.86. The summed E-state index contributed by atoms with van der Waals surface area (Å²) >= 11 is 0. The molecule has 1 unspecified atom stereocenters. The zero-order valence-corrected chi connectivity index (χ0v) is 13.4. The quantitative estimate of drug-likeness (QED) is 0.624. The van der Waals surface area contributed by atoms with E-state index in [9.17, 15) is 0 Å². The van der Waals surface area contributed by atoms with E-state index >= 15 is 0 Å². The summed E-state index contributed by atoms with van der Waals surface area (Å²) in [6.45, 7) is 5.03. The van der Waals surface area contributed by atoms with Crippen molar-refractivity contribution in [3.63, 3.8) is 0 Å². The summed E-state index contributed by atoms with van der Waals surface area (Å²) in [6, 6.07) is 17.9. The van der Waals surface area contributed by atoms with Crippen LogP contribution in [-0.2, 0) is 0 Å². The molecule has 1 fully saturated rings. The van der Waals surface area contributed by atoms with Gasteiger partial charge in [0.15, 0.2) is 0 Å². The maximum absolute atomic E-state index is 2.52. The van der Waals surface area contributed by atoms with Crippen LogP contribution in [0, 0.1) is 0 Å². The molecule has 0 bridgehead atoms. The van der Waals surface area contributed by atoms with Gasteiger partial charge in [-0.05, 0) is 33.4 Å². The lowest BCUT2D eigenvalue weighted by atomic mass is 9.90.